The lowest BCUT2D eigenvalue weighted by atomic mass is 9.74. The van der Waals surface area contributed by atoms with E-state index in [-0.39, 0.29) is 61.5 Å². The van der Waals surface area contributed by atoms with E-state index in [0.717, 1.165) is 118 Å². The van der Waals surface area contributed by atoms with Gasteiger partial charge in [0, 0.05) is 32.9 Å². The van der Waals surface area contributed by atoms with Crippen LogP contribution in [0, 0.1) is 23.1 Å². The molecule has 0 radical (unpaired) electrons. The van der Waals surface area contributed by atoms with Crippen LogP contribution in [-0.4, -0.2) is 29.3 Å². The molecule has 1 unspecified atom stereocenters. The topological polar surface area (TPSA) is 68.3 Å². The summed E-state index contributed by atoms with van der Waals surface area (Å²) in [6.45, 7) is 9.67. The number of Topliss-reactive ketones (excluding diaryl/α,β-unsaturated/α-hetero) is 4. The van der Waals surface area contributed by atoms with E-state index in [4.69, 9.17) is 0 Å². The maximum Gasteiger partial charge on any atom is 0.143 e. The lowest BCUT2D eigenvalue weighted by Crippen LogP contribution is -2.29. The van der Waals surface area contributed by atoms with Crippen molar-refractivity contribution in [2.45, 2.75) is 194 Å². The van der Waals surface area contributed by atoms with Gasteiger partial charge in [-0.25, -0.2) is 8.78 Å². The van der Waals surface area contributed by atoms with Crippen LogP contribution in [-0.2, 0) is 44.9 Å². The lowest BCUT2D eigenvalue weighted by molar-refractivity contribution is -0.127. The minimum atomic E-state index is -0.723. The molecule has 0 heterocycles. The van der Waals surface area contributed by atoms with Crippen LogP contribution in [0.25, 0.3) is 5.57 Å². The van der Waals surface area contributed by atoms with Crippen molar-refractivity contribution in [3.63, 3.8) is 0 Å². The molecule has 0 N–H and O–H groups in total. The van der Waals surface area contributed by atoms with Crippen molar-refractivity contribution in [3.8, 4) is 0 Å². The zero-order valence-electron chi connectivity index (χ0n) is 47.5. The first-order chi connectivity index (χ1) is 37.8. The molecular formula is C73H95F3O4. The Bertz CT molecular complexity index is 2790. The first kappa shape index (κ1) is 64.6. The molecule has 9 rings (SSSR count). The minimum Gasteiger partial charge on any atom is -0.299 e. The van der Waals surface area contributed by atoms with Crippen molar-refractivity contribution in [3.05, 3.63) is 208 Å². The maximum absolute atomic E-state index is 13.8. The predicted octanol–water partition coefficient (Wildman–Crippen LogP) is 19.4. The molecule has 3 fully saturated rings. The van der Waals surface area contributed by atoms with E-state index in [2.05, 4.69) is 86.3 Å². The predicted molar refractivity (Wildman–Crippen MR) is 330 cm³/mol. The first-order valence-electron chi connectivity index (χ1n) is 29.6. The van der Waals surface area contributed by atoms with Crippen LogP contribution in [0.15, 0.2) is 163 Å². The second-order valence-electron chi connectivity index (χ2n) is 22.9. The minimum absolute atomic E-state index is 0. The summed E-state index contributed by atoms with van der Waals surface area (Å²) in [6, 6.07) is 43.9. The van der Waals surface area contributed by atoms with Crippen LogP contribution in [0.2, 0.25) is 0 Å². The molecule has 4 aliphatic rings. The Morgan fingerprint density at radius 1 is 0.662 bits per heavy atom. The standard InChI is InChI=1S/C42H49FO2.C15H19FO.C15H18O.CH4.FH.2H2/c1-3-42(29-7-8-31(42)2)41(45)28-21-34-13-11-32(12-14-34)19-22-38(36-23-25-39(43)26-24-36)30-35-17-15-33(16-18-35)20-27-40(44)37-9-5-4-6-10-37;1-11(17)15(12-6-3-2-4-7-12)13-8-5-9-14(16)10-13;1-12(16)15(13-8-4-2-5-9-13)14-10-6-3-7-11-14;;;;/h11-18,22-26,37H,2-10,19-21,27-30H2,1H3;2-4,6-7,13-15H,5,8-10H2,1H3;2,4-5,8-10,15H,3,6-7,11H2,1H3;1H4;3*1H/b38-22-;;;;;;/t42-;13?,14-,15+;15-;;;;/m110..../s1. The molecule has 0 aromatic heterocycles. The number of benzene rings is 5. The highest BCUT2D eigenvalue weighted by molar-refractivity contribution is 5.88. The molecule has 5 aromatic rings. The molecule has 7 heteroatoms. The highest BCUT2D eigenvalue weighted by atomic mass is 19.1. The molecular weight excluding hydrogens is 998 g/mol. The van der Waals surface area contributed by atoms with Gasteiger partial charge in [0.2, 0.25) is 0 Å². The summed E-state index contributed by atoms with van der Waals surface area (Å²) in [5.74, 6) is 1.31. The summed E-state index contributed by atoms with van der Waals surface area (Å²) in [5.41, 5.74) is 11.3. The fraction of sp³-hybridized carbons (Fsp3) is 0.452. The Labute approximate surface area is 481 Å². The van der Waals surface area contributed by atoms with Gasteiger partial charge in [0.15, 0.2) is 0 Å². The number of hydrogen-bond donors (Lipinski definition) is 0. The SMILES string of the molecule is C.C=C1CCC[C@@]1(CC)C(=O)CCc1ccc(C/C=C(/Cc2ccc(CCC(=O)C3CCCCC3)cc2)c2ccc(F)cc2)cc1.CC(=O)[C@@H](c1ccccc1)C1CCC[C@@H](F)C1.CC(=O)[C@H](C1=CCCCC1)c1ccccc1.F.[HH].[HH]. The normalized spacial score (nSPS) is 19.9. The number of alkyl halides is 1. The number of ketones is 4. The van der Waals surface area contributed by atoms with E-state index in [1.165, 1.54) is 72.1 Å². The van der Waals surface area contributed by atoms with Crippen LogP contribution >= 0.6 is 0 Å². The summed E-state index contributed by atoms with van der Waals surface area (Å²) >= 11 is 0. The van der Waals surface area contributed by atoms with Crippen LogP contribution in [0.1, 0.15) is 204 Å². The molecule has 0 spiro atoms. The fourth-order valence-corrected chi connectivity index (χ4v) is 12.9. The Hall–Kier alpha value is -6.21. The largest absolute Gasteiger partial charge is 0.299 e. The van der Waals surface area contributed by atoms with Gasteiger partial charge in [0.25, 0.3) is 0 Å². The second kappa shape index (κ2) is 32.9. The van der Waals surface area contributed by atoms with Crippen molar-refractivity contribution in [1.29, 1.82) is 0 Å². The van der Waals surface area contributed by atoms with Crippen molar-refractivity contribution in [2.24, 2.45) is 17.3 Å². The molecule has 4 nitrogen and oxygen atoms in total. The Morgan fingerprint density at radius 3 is 1.81 bits per heavy atom. The first-order valence-corrected chi connectivity index (χ1v) is 29.6. The summed E-state index contributed by atoms with van der Waals surface area (Å²) in [6.07, 6.45) is 25.5. The van der Waals surface area contributed by atoms with Crippen LogP contribution in [0.4, 0.5) is 13.5 Å². The van der Waals surface area contributed by atoms with E-state index in [1.807, 2.05) is 60.7 Å². The quantitative estimate of drug-likeness (QED) is 0.0728. The molecule has 4 aliphatic carbocycles. The van der Waals surface area contributed by atoms with Crippen molar-refractivity contribution >= 4 is 28.7 Å². The fourth-order valence-electron chi connectivity index (χ4n) is 12.9. The molecule has 0 saturated heterocycles. The van der Waals surface area contributed by atoms with E-state index < -0.39 is 6.17 Å². The van der Waals surface area contributed by atoms with Gasteiger partial charge < -0.3 is 0 Å². The van der Waals surface area contributed by atoms with E-state index in [0.29, 0.717) is 37.2 Å². The average Bonchev–Trinajstić information content (AvgIpc) is 3.89. The summed E-state index contributed by atoms with van der Waals surface area (Å²) in [5, 5.41) is 0. The Kier molecular flexibility index (Phi) is 26.6. The van der Waals surface area contributed by atoms with Gasteiger partial charge in [-0.15, -0.1) is 0 Å². The Morgan fingerprint density at radius 2 is 1.26 bits per heavy atom. The number of allylic oxidation sites excluding steroid dienone is 5. The molecule has 0 aliphatic heterocycles. The van der Waals surface area contributed by atoms with Gasteiger partial charge in [0.05, 0.1) is 5.92 Å². The second-order valence-corrected chi connectivity index (χ2v) is 22.9. The van der Waals surface area contributed by atoms with Crippen molar-refractivity contribution in [1.82, 2.24) is 0 Å². The summed E-state index contributed by atoms with van der Waals surface area (Å²) in [7, 11) is 0. The van der Waals surface area contributed by atoms with E-state index in [9.17, 15) is 28.0 Å². The van der Waals surface area contributed by atoms with Crippen LogP contribution < -0.4 is 0 Å². The summed E-state index contributed by atoms with van der Waals surface area (Å²) in [4.78, 5) is 49.5. The third-order valence-corrected chi connectivity index (χ3v) is 17.5. The average molecular weight is 1090 g/mol. The number of carbonyl (C=O) groups excluding carboxylic acids is 4. The molecule has 432 valence electrons. The Balaban J connectivity index is 0.000000390. The van der Waals surface area contributed by atoms with Gasteiger partial charge in [-0.1, -0.05) is 191 Å². The molecule has 80 heavy (non-hydrogen) atoms. The molecule has 0 amide bonds. The van der Waals surface area contributed by atoms with Gasteiger partial charge >= 0.3 is 0 Å². The van der Waals surface area contributed by atoms with Crippen molar-refractivity contribution < 1.29 is 35.5 Å². The lowest BCUT2D eigenvalue weighted by Gasteiger charge is -2.30. The number of aryl methyl sites for hydroxylation is 2. The molecule has 0 bridgehead atoms. The number of rotatable bonds is 20. The van der Waals surface area contributed by atoms with Crippen molar-refractivity contribution in [2.75, 3.05) is 0 Å². The zero-order chi connectivity index (χ0) is 55.3. The third-order valence-electron chi connectivity index (χ3n) is 17.5. The molecule has 5 aromatic carbocycles. The van der Waals surface area contributed by atoms with E-state index >= 15 is 0 Å². The van der Waals surface area contributed by atoms with Gasteiger partial charge in [-0.3, -0.25) is 23.9 Å². The van der Waals surface area contributed by atoms with Gasteiger partial charge in [0.1, 0.15) is 35.1 Å². The summed E-state index contributed by atoms with van der Waals surface area (Å²) < 4.78 is 27.2. The monoisotopic (exact) mass is 1090 g/mol. The van der Waals surface area contributed by atoms with Gasteiger partial charge in [-0.2, -0.15) is 0 Å². The maximum atomic E-state index is 13.8. The van der Waals surface area contributed by atoms with E-state index in [1.54, 1.807) is 13.8 Å². The smallest absolute Gasteiger partial charge is 0.143 e. The van der Waals surface area contributed by atoms with Crippen LogP contribution in [0.3, 0.4) is 0 Å². The zero-order valence-corrected chi connectivity index (χ0v) is 47.5. The highest BCUT2D eigenvalue weighted by Gasteiger charge is 2.41. The number of carbonyl (C=O) groups is 4. The number of halogens is 3. The molecule has 5 atom stereocenters. The van der Waals surface area contributed by atoms with Gasteiger partial charge in [-0.05, 0) is 186 Å². The third kappa shape index (κ3) is 18.7. The van der Waals surface area contributed by atoms with Crippen LogP contribution in [0.5, 0.6) is 0 Å². The number of hydrogen-bond acceptors (Lipinski definition) is 4. The highest BCUT2D eigenvalue weighted by Crippen LogP contribution is 2.46. The molecule has 3 saturated carbocycles.